The Morgan fingerprint density at radius 1 is 0.333 bits per heavy atom. The van der Waals surface area contributed by atoms with Gasteiger partial charge in [-0.15, -0.1) is 0 Å². The van der Waals surface area contributed by atoms with Crippen molar-refractivity contribution in [2.75, 3.05) is 19.8 Å². The second kappa shape index (κ2) is 33.8. The summed E-state index contributed by atoms with van der Waals surface area (Å²) in [6, 6.07) is 0. The zero-order valence-electron chi connectivity index (χ0n) is 32.1. The summed E-state index contributed by atoms with van der Waals surface area (Å²) in [4.78, 5) is 0. The maximum Gasteiger partial charge on any atom is 0.106 e. The standard InChI is InChI=1S/C42H87NO2/c1-6-8-10-12-14-16-18-20-22-24-26-28-30-32-34-36-38-44-41(3,4)42(5,40-43)45-39-37-35-33-31-29-27-25-23-21-19-17-15-13-11-9-7-2/h6-40,43H2,1-5H3. The molecule has 0 rings (SSSR count). The van der Waals surface area contributed by atoms with Gasteiger partial charge in [0.25, 0.3) is 0 Å². The molecule has 1 atom stereocenters. The molecule has 0 heterocycles. The minimum Gasteiger partial charge on any atom is -0.373 e. The fourth-order valence-electron chi connectivity index (χ4n) is 6.56. The van der Waals surface area contributed by atoms with Gasteiger partial charge in [0.2, 0.25) is 0 Å². The van der Waals surface area contributed by atoms with Crippen LogP contribution in [0.2, 0.25) is 0 Å². The molecule has 0 aromatic rings. The first-order valence-corrected chi connectivity index (χ1v) is 20.9. The van der Waals surface area contributed by atoms with E-state index in [2.05, 4.69) is 34.6 Å². The van der Waals surface area contributed by atoms with Crippen LogP contribution in [0.25, 0.3) is 0 Å². The van der Waals surface area contributed by atoms with Crippen LogP contribution in [0.1, 0.15) is 240 Å². The summed E-state index contributed by atoms with van der Waals surface area (Å²) in [6.07, 6.45) is 44.6. The first kappa shape index (κ1) is 44.9. The average molecular weight is 638 g/mol. The van der Waals surface area contributed by atoms with Crippen LogP contribution in [-0.2, 0) is 9.47 Å². The van der Waals surface area contributed by atoms with E-state index in [9.17, 15) is 0 Å². The van der Waals surface area contributed by atoms with E-state index < -0.39 is 5.60 Å². The highest BCUT2D eigenvalue weighted by atomic mass is 16.6. The highest BCUT2D eigenvalue weighted by Gasteiger charge is 2.42. The molecule has 0 spiro atoms. The topological polar surface area (TPSA) is 44.5 Å². The fourth-order valence-corrected chi connectivity index (χ4v) is 6.56. The maximum absolute atomic E-state index is 6.40. The lowest BCUT2D eigenvalue weighted by atomic mass is 9.87. The van der Waals surface area contributed by atoms with Gasteiger partial charge in [0, 0.05) is 19.8 Å². The lowest BCUT2D eigenvalue weighted by Crippen LogP contribution is -2.56. The molecular weight excluding hydrogens is 550 g/mol. The Hall–Kier alpha value is -0.120. The monoisotopic (exact) mass is 638 g/mol. The Kier molecular flexibility index (Phi) is 33.7. The molecule has 0 aliphatic rings. The van der Waals surface area contributed by atoms with E-state index in [4.69, 9.17) is 15.2 Å². The van der Waals surface area contributed by atoms with Crippen LogP contribution in [0.4, 0.5) is 0 Å². The lowest BCUT2D eigenvalue weighted by Gasteiger charge is -2.43. The summed E-state index contributed by atoms with van der Waals surface area (Å²) >= 11 is 0. The van der Waals surface area contributed by atoms with Gasteiger partial charge in [-0.3, -0.25) is 0 Å². The predicted octanol–water partition coefficient (Wildman–Crippen LogP) is 14.0. The maximum atomic E-state index is 6.40. The van der Waals surface area contributed by atoms with Crippen LogP contribution in [0.15, 0.2) is 0 Å². The van der Waals surface area contributed by atoms with Gasteiger partial charge in [0.1, 0.15) is 5.60 Å². The number of hydrogen-bond acceptors (Lipinski definition) is 3. The van der Waals surface area contributed by atoms with Gasteiger partial charge in [0.05, 0.1) is 5.60 Å². The zero-order chi connectivity index (χ0) is 33.2. The van der Waals surface area contributed by atoms with Gasteiger partial charge in [-0.2, -0.15) is 0 Å². The van der Waals surface area contributed by atoms with Gasteiger partial charge in [-0.05, 0) is 33.6 Å². The van der Waals surface area contributed by atoms with Crippen molar-refractivity contribution in [3.05, 3.63) is 0 Å². The molecule has 3 heteroatoms. The SMILES string of the molecule is CCCCCCCCCCCCCCCCCCOC(C)(C)C(C)(CN)OCCCCCCCCCCCCCCCCCC. The molecule has 0 aromatic carbocycles. The molecule has 0 aliphatic heterocycles. The van der Waals surface area contributed by atoms with Gasteiger partial charge in [0.15, 0.2) is 0 Å². The molecule has 45 heavy (non-hydrogen) atoms. The van der Waals surface area contributed by atoms with Crippen LogP contribution in [0.5, 0.6) is 0 Å². The molecule has 272 valence electrons. The van der Waals surface area contributed by atoms with Crippen LogP contribution < -0.4 is 5.73 Å². The average Bonchev–Trinajstić information content (AvgIpc) is 3.03. The molecular formula is C42H87NO2. The summed E-state index contributed by atoms with van der Waals surface area (Å²) in [5.41, 5.74) is 5.42. The zero-order valence-corrected chi connectivity index (χ0v) is 32.1. The molecule has 0 bridgehead atoms. The third kappa shape index (κ3) is 28.6. The molecule has 1 unspecified atom stereocenters. The summed E-state index contributed by atoms with van der Waals surface area (Å²) in [5, 5.41) is 0. The third-order valence-corrected chi connectivity index (χ3v) is 10.5. The Labute approximate surface area is 285 Å². The van der Waals surface area contributed by atoms with Crippen molar-refractivity contribution in [2.24, 2.45) is 5.73 Å². The van der Waals surface area contributed by atoms with Crippen molar-refractivity contribution >= 4 is 0 Å². The van der Waals surface area contributed by atoms with E-state index in [-0.39, 0.29) is 5.60 Å². The number of ether oxygens (including phenoxy) is 2. The Balaban J connectivity index is 3.62. The molecule has 3 nitrogen and oxygen atoms in total. The van der Waals surface area contributed by atoms with Crippen LogP contribution in [0, 0.1) is 0 Å². The minimum absolute atomic E-state index is 0.369. The normalized spacial score (nSPS) is 13.5. The van der Waals surface area contributed by atoms with E-state index in [0.717, 1.165) is 26.1 Å². The first-order chi connectivity index (χ1) is 21.9. The van der Waals surface area contributed by atoms with Gasteiger partial charge in [-0.1, -0.05) is 206 Å². The summed E-state index contributed by atoms with van der Waals surface area (Å²) < 4.78 is 12.8. The Morgan fingerprint density at radius 2 is 0.556 bits per heavy atom. The highest BCUT2D eigenvalue weighted by Crippen LogP contribution is 2.29. The van der Waals surface area contributed by atoms with Gasteiger partial charge in [-0.25, -0.2) is 0 Å². The van der Waals surface area contributed by atoms with Gasteiger partial charge >= 0.3 is 0 Å². The lowest BCUT2D eigenvalue weighted by molar-refractivity contribution is -0.181. The number of hydrogen-bond donors (Lipinski definition) is 1. The van der Waals surface area contributed by atoms with Crippen molar-refractivity contribution in [2.45, 2.75) is 251 Å². The Morgan fingerprint density at radius 3 is 0.800 bits per heavy atom. The fraction of sp³-hybridized carbons (Fsp3) is 1.00. The molecule has 0 aliphatic carbocycles. The van der Waals surface area contributed by atoms with E-state index in [1.165, 1.54) is 193 Å². The third-order valence-electron chi connectivity index (χ3n) is 10.5. The van der Waals surface area contributed by atoms with Crippen molar-refractivity contribution in [3.63, 3.8) is 0 Å². The van der Waals surface area contributed by atoms with Crippen LogP contribution >= 0.6 is 0 Å². The number of nitrogens with two attached hydrogens (primary N) is 1. The minimum atomic E-state index is -0.433. The highest BCUT2D eigenvalue weighted by molar-refractivity contribution is 4.94. The van der Waals surface area contributed by atoms with Crippen molar-refractivity contribution < 1.29 is 9.47 Å². The molecule has 0 saturated heterocycles. The quantitative estimate of drug-likeness (QED) is 0.0685. The molecule has 0 amide bonds. The van der Waals surface area contributed by atoms with Crippen molar-refractivity contribution in [1.29, 1.82) is 0 Å². The molecule has 0 radical (unpaired) electrons. The smallest absolute Gasteiger partial charge is 0.106 e. The number of unbranched alkanes of at least 4 members (excludes halogenated alkanes) is 30. The largest absolute Gasteiger partial charge is 0.373 e. The van der Waals surface area contributed by atoms with E-state index in [1.807, 2.05) is 0 Å². The second-order valence-electron chi connectivity index (χ2n) is 15.2. The van der Waals surface area contributed by atoms with Crippen molar-refractivity contribution in [3.8, 4) is 0 Å². The van der Waals surface area contributed by atoms with E-state index in [0.29, 0.717) is 6.54 Å². The predicted molar refractivity (Wildman–Crippen MR) is 203 cm³/mol. The van der Waals surface area contributed by atoms with Crippen molar-refractivity contribution in [1.82, 2.24) is 0 Å². The summed E-state index contributed by atoms with van der Waals surface area (Å²) in [6.45, 7) is 13.2. The molecule has 2 N–H and O–H groups in total. The first-order valence-electron chi connectivity index (χ1n) is 20.9. The molecule has 0 saturated carbocycles. The summed E-state index contributed by atoms with van der Waals surface area (Å²) in [7, 11) is 0. The second-order valence-corrected chi connectivity index (χ2v) is 15.2. The van der Waals surface area contributed by atoms with Crippen LogP contribution in [-0.4, -0.2) is 31.0 Å². The summed E-state index contributed by atoms with van der Waals surface area (Å²) in [5.74, 6) is 0. The number of rotatable bonds is 38. The molecule has 0 aromatic heterocycles. The van der Waals surface area contributed by atoms with E-state index >= 15 is 0 Å². The van der Waals surface area contributed by atoms with Crippen LogP contribution in [0.3, 0.4) is 0 Å². The Bertz CT molecular complexity index is 565. The van der Waals surface area contributed by atoms with Gasteiger partial charge < -0.3 is 15.2 Å². The molecule has 0 fully saturated rings. The van der Waals surface area contributed by atoms with E-state index in [1.54, 1.807) is 0 Å².